The van der Waals surface area contributed by atoms with Gasteiger partial charge in [-0.1, -0.05) is 42.5 Å². The molecule has 0 unspecified atom stereocenters. The first-order valence-corrected chi connectivity index (χ1v) is 6.51. The Labute approximate surface area is 124 Å². The molecule has 0 fully saturated rings. The van der Waals surface area contributed by atoms with Gasteiger partial charge in [0.2, 0.25) is 0 Å². The van der Waals surface area contributed by atoms with Crippen LogP contribution in [0, 0.1) is 0 Å². The quantitative estimate of drug-likeness (QED) is 0.713. The number of phenols is 1. The first-order valence-electron chi connectivity index (χ1n) is 6.51. The Bertz CT molecular complexity index is 808. The van der Waals surface area contributed by atoms with Gasteiger partial charge >= 0.3 is 6.36 Å². The predicted octanol–water partition coefficient (Wildman–Crippen LogP) is 5.11. The number of fused-ring (bicyclic) bond motifs is 1. The molecule has 22 heavy (non-hydrogen) atoms. The highest BCUT2D eigenvalue weighted by Gasteiger charge is 2.30. The van der Waals surface area contributed by atoms with Crippen LogP contribution in [0.2, 0.25) is 0 Å². The van der Waals surface area contributed by atoms with E-state index in [0.717, 1.165) is 16.5 Å². The Morgan fingerprint density at radius 2 is 1.41 bits per heavy atom. The fraction of sp³-hybridized carbons (Fsp3) is 0.0588. The van der Waals surface area contributed by atoms with Crippen LogP contribution < -0.4 is 4.74 Å². The van der Waals surface area contributed by atoms with E-state index in [0.29, 0.717) is 5.39 Å². The van der Waals surface area contributed by atoms with Crippen molar-refractivity contribution in [2.45, 2.75) is 6.36 Å². The van der Waals surface area contributed by atoms with Crippen molar-refractivity contribution in [3.63, 3.8) is 0 Å². The van der Waals surface area contributed by atoms with Crippen LogP contribution in [-0.2, 0) is 0 Å². The number of rotatable bonds is 2. The molecule has 0 spiro atoms. The summed E-state index contributed by atoms with van der Waals surface area (Å²) in [7, 11) is 0. The van der Waals surface area contributed by atoms with Gasteiger partial charge in [-0.15, -0.1) is 13.2 Å². The summed E-state index contributed by atoms with van der Waals surface area (Å²) < 4.78 is 40.4. The lowest BCUT2D eigenvalue weighted by Gasteiger charge is -2.11. The molecular formula is C17H11F3O2. The van der Waals surface area contributed by atoms with Gasteiger partial charge in [0.1, 0.15) is 11.5 Å². The van der Waals surface area contributed by atoms with E-state index in [1.807, 2.05) is 18.2 Å². The van der Waals surface area contributed by atoms with Gasteiger partial charge < -0.3 is 9.84 Å². The molecule has 0 heterocycles. The van der Waals surface area contributed by atoms with Gasteiger partial charge in [-0.3, -0.25) is 0 Å². The highest BCUT2D eigenvalue weighted by atomic mass is 19.4. The fourth-order valence-electron chi connectivity index (χ4n) is 2.37. The lowest BCUT2D eigenvalue weighted by atomic mass is 9.98. The van der Waals surface area contributed by atoms with Crippen molar-refractivity contribution in [2.24, 2.45) is 0 Å². The normalized spacial score (nSPS) is 11.6. The van der Waals surface area contributed by atoms with Crippen molar-refractivity contribution < 1.29 is 23.0 Å². The van der Waals surface area contributed by atoms with E-state index < -0.39 is 6.36 Å². The maximum Gasteiger partial charge on any atom is 0.573 e. The highest BCUT2D eigenvalue weighted by molar-refractivity contribution is 5.99. The Hall–Kier alpha value is -2.69. The van der Waals surface area contributed by atoms with Gasteiger partial charge in [0.15, 0.2) is 0 Å². The van der Waals surface area contributed by atoms with Crippen molar-refractivity contribution >= 4 is 10.8 Å². The lowest BCUT2D eigenvalue weighted by Crippen LogP contribution is -2.16. The molecule has 3 rings (SSSR count). The number of alkyl halides is 3. The number of benzene rings is 3. The molecule has 112 valence electrons. The minimum Gasteiger partial charge on any atom is -0.507 e. The molecule has 0 aliphatic rings. The molecule has 3 aromatic carbocycles. The summed E-state index contributed by atoms with van der Waals surface area (Å²) >= 11 is 0. The second kappa shape index (κ2) is 5.26. The van der Waals surface area contributed by atoms with E-state index in [4.69, 9.17) is 0 Å². The van der Waals surface area contributed by atoms with Crippen LogP contribution in [0.3, 0.4) is 0 Å². The minimum atomic E-state index is -4.70. The number of halogens is 3. The van der Waals surface area contributed by atoms with Gasteiger partial charge in [0.05, 0.1) is 0 Å². The Kier molecular flexibility index (Phi) is 3.41. The summed E-state index contributed by atoms with van der Waals surface area (Å²) in [5.41, 5.74) is 1.57. The van der Waals surface area contributed by atoms with Gasteiger partial charge in [0.25, 0.3) is 0 Å². The van der Waals surface area contributed by atoms with E-state index in [-0.39, 0.29) is 11.5 Å². The monoisotopic (exact) mass is 304 g/mol. The van der Waals surface area contributed by atoms with Crippen molar-refractivity contribution in [1.29, 1.82) is 0 Å². The third kappa shape index (κ3) is 2.83. The summed E-state index contributed by atoms with van der Waals surface area (Å²) in [5, 5.41) is 11.4. The number of phenolic OH excluding ortho intramolecular Hbond substituents is 1. The third-order valence-electron chi connectivity index (χ3n) is 3.30. The smallest absolute Gasteiger partial charge is 0.507 e. The zero-order valence-electron chi connectivity index (χ0n) is 11.3. The maximum atomic E-state index is 12.2. The van der Waals surface area contributed by atoms with Crippen molar-refractivity contribution in [3.8, 4) is 22.6 Å². The number of ether oxygens (including phenoxy) is 1. The zero-order valence-corrected chi connectivity index (χ0v) is 11.3. The van der Waals surface area contributed by atoms with Crippen LogP contribution in [0.4, 0.5) is 13.2 Å². The van der Waals surface area contributed by atoms with Crippen LogP contribution in [0.5, 0.6) is 11.5 Å². The molecule has 0 bridgehead atoms. The highest BCUT2D eigenvalue weighted by Crippen LogP contribution is 2.34. The van der Waals surface area contributed by atoms with Gasteiger partial charge in [-0.05, 0) is 34.7 Å². The maximum absolute atomic E-state index is 12.2. The van der Waals surface area contributed by atoms with E-state index in [1.54, 1.807) is 30.3 Å². The molecule has 0 aromatic heterocycles. The molecule has 0 atom stereocenters. The molecular weight excluding hydrogens is 293 g/mol. The molecule has 0 amide bonds. The molecule has 0 saturated heterocycles. The van der Waals surface area contributed by atoms with Gasteiger partial charge in [-0.2, -0.15) is 0 Å². The van der Waals surface area contributed by atoms with Crippen LogP contribution in [0.25, 0.3) is 21.9 Å². The fourth-order valence-corrected chi connectivity index (χ4v) is 2.37. The molecule has 0 radical (unpaired) electrons. The first-order chi connectivity index (χ1) is 10.4. The molecule has 1 N–H and O–H groups in total. The number of hydrogen-bond acceptors (Lipinski definition) is 2. The van der Waals surface area contributed by atoms with Crippen molar-refractivity contribution in [1.82, 2.24) is 0 Å². The van der Waals surface area contributed by atoms with Crippen LogP contribution in [0.15, 0.2) is 60.7 Å². The molecule has 0 saturated carbocycles. The first kappa shape index (κ1) is 14.3. The topological polar surface area (TPSA) is 29.5 Å². The SMILES string of the molecule is Oc1ccc(-c2ccc(OC(F)(F)F)cc2)c2ccccc12. The second-order valence-corrected chi connectivity index (χ2v) is 4.75. The van der Waals surface area contributed by atoms with Crippen LogP contribution in [-0.4, -0.2) is 11.5 Å². The van der Waals surface area contributed by atoms with Gasteiger partial charge in [-0.25, -0.2) is 0 Å². The van der Waals surface area contributed by atoms with Crippen LogP contribution in [0.1, 0.15) is 0 Å². The largest absolute Gasteiger partial charge is 0.573 e. The lowest BCUT2D eigenvalue weighted by molar-refractivity contribution is -0.274. The zero-order chi connectivity index (χ0) is 15.7. The molecule has 2 nitrogen and oxygen atoms in total. The Morgan fingerprint density at radius 3 is 2.05 bits per heavy atom. The molecule has 0 aliphatic heterocycles. The van der Waals surface area contributed by atoms with Crippen molar-refractivity contribution in [2.75, 3.05) is 0 Å². The predicted molar refractivity (Wildman–Crippen MR) is 77.7 cm³/mol. The third-order valence-corrected chi connectivity index (χ3v) is 3.30. The molecule has 5 heteroatoms. The van der Waals surface area contributed by atoms with E-state index in [2.05, 4.69) is 4.74 Å². The average Bonchev–Trinajstić information content (AvgIpc) is 2.48. The minimum absolute atomic E-state index is 0.163. The second-order valence-electron chi connectivity index (χ2n) is 4.75. The summed E-state index contributed by atoms with van der Waals surface area (Å²) in [5.74, 6) is -0.101. The standard InChI is InChI=1S/C17H11F3O2/c18-17(19,20)22-12-7-5-11(6-8-12)13-9-10-16(21)15-4-2-1-3-14(13)15/h1-10,21H. The summed E-state index contributed by atoms with van der Waals surface area (Å²) in [4.78, 5) is 0. The number of hydrogen-bond donors (Lipinski definition) is 1. The summed E-state index contributed by atoms with van der Waals surface area (Å²) in [6.07, 6.45) is -4.70. The Balaban J connectivity index is 2.03. The summed E-state index contributed by atoms with van der Waals surface area (Å²) in [6.45, 7) is 0. The van der Waals surface area contributed by atoms with Gasteiger partial charge in [0, 0.05) is 5.39 Å². The summed E-state index contributed by atoms with van der Waals surface area (Å²) in [6, 6.07) is 16.2. The van der Waals surface area contributed by atoms with E-state index in [1.165, 1.54) is 12.1 Å². The van der Waals surface area contributed by atoms with Crippen molar-refractivity contribution in [3.05, 3.63) is 60.7 Å². The molecule has 0 aliphatic carbocycles. The van der Waals surface area contributed by atoms with Crippen LogP contribution >= 0.6 is 0 Å². The average molecular weight is 304 g/mol. The molecule has 3 aromatic rings. The van der Waals surface area contributed by atoms with E-state index in [9.17, 15) is 18.3 Å². The number of aromatic hydroxyl groups is 1. The van der Waals surface area contributed by atoms with E-state index >= 15 is 0 Å². The Morgan fingerprint density at radius 1 is 0.773 bits per heavy atom.